The van der Waals surface area contributed by atoms with E-state index in [1.807, 2.05) is 6.92 Å². The second-order valence-electron chi connectivity index (χ2n) is 6.63. The van der Waals surface area contributed by atoms with E-state index in [0.29, 0.717) is 36.7 Å². The molecule has 2 aromatic rings. The van der Waals surface area contributed by atoms with Gasteiger partial charge in [0.15, 0.2) is 0 Å². The molecule has 1 amide bonds. The molecule has 6 nitrogen and oxygen atoms in total. The highest BCUT2D eigenvalue weighted by Crippen LogP contribution is 2.22. The number of amides is 1. The maximum atomic E-state index is 12.7. The molecule has 3 rings (SSSR count). The van der Waals surface area contributed by atoms with Gasteiger partial charge in [-0.1, -0.05) is 18.2 Å². The summed E-state index contributed by atoms with van der Waals surface area (Å²) < 4.78 is 33.1. The van der Waals surface area contributed by atoms with Crippen LogP contribution < -0.4 is 9.46 Å². The van der Waals surface area contributed by atoms with Crippen LogP contribution in [0, 0.1) is 0 Å². The van der Waals surface area contributed by atoms with Crippen LogP contribution in [0.5, 0.6) is 5.75 Å². The SMILES string of the molecule is C=C1CCN(C(=O)c2cccc(NS(=O)(=O)c3ccc(OCC)cc3)c2)CC1. The third-order valence-corrected chi connectivity index (χ3v) is 5.96. The summed E-state index contributed by atoms with van der Waals surface area (Å²) in [6.07, 6.45) is 1.60. The summed E-state index contributed by atoms with van der Waals surface area (Å²) in [4.78, 5) is 14.6. The topological polar surface area (TPSA) is 75.7 Å². The molecule has 0 bridgehead atoms. The van der Waals surface area contributed by atoms with Crippen molar-refractivity contribution in [2.45, 2.75) is 24.7 Å². The predicted molar refractivity (Wildman–Crippen MR) is 109 cm³/mol. The summed E-state index contributed by atoms with van der Waals surface area (Å²) in [5.41, 5.74) is 1.96. The van der Waals surface area contributed by atoms with Gasteiger partial charge in [0, 0.05) is 24.3 Å². The van der Waals surface area contributed by atoms with Crippen molar-refractivity contribution in [3.05, 3.63) is 66.2 Å². The Balaban J connectivity index is 1.74. The lowest BCUT2D eigenvalue weighted by atomic mass is 10.0. The van der Waals surface area contributed by atoms with Gasteiger partial charge in [0.25, 0.3) is 15.9 Å². The third kappa shape index (κ3) is 4.72. The second-order valence-corrected chi connectivity index (χ2v) is 8.32. The van der Waals surface area contributed by atoms with Gasteiger partial charge in [0.2, 0.25) is 0 Å². The lowest BCUT2D eigenvalue weighted by Gasteiger charge is -2.28. The van der Waals surface area contributed by atoms with Crippen LogP contribution in [0.2, 0.25) is 0 Å². The second kappa shape index (κ2) is 8.48. The number of anilines is 1. The molecular formula is C21H24N2O4S. The van der Waals surface area contributed by atoms with Crippen LogP contribution in [-0.4, -0.2) is 38.9 Å². The van der Waals surface area contributed by atoms with E-state index >= 15 is 0 Å². The monoisotopic (exact) mass is 400 g/mol. The normalized spacial score (nSPS) is 14.6. The Kier molecular flexibility index (Phi) is 6.04. The van der Waals surface area contributed by atoms with Gasteiger partial charge < -0.3 is 9.64 Å². The van der Waals surface area contributed by atoms with Gasteiger partial charge >= 0.3 is 0 Å². The quantitative estimate of drug-likeness (QED) is 0.751. The fraction of sp³-hybridized carbons (Fsp3) is 0.286. The van der Waals surface area contributed by atoms with Crippen LogP contribution >= 0.6 is 0 Å². The molecule has 1 aliphatic rings. The van der Waals surface area contributed by atoms with Gasteiger partial charge in [-0.15, -0.1) is 0 Å². The summed E-state index contributed by atoms with van der Waals surface area (Å²) in [5, 5.41) is 0. The fourth-order valence-corrected chi connectivity index (χ4v) is 4.07. The molecule has 28 heavy (non-hydrogen) atoms. The maximum absolute atomic E-state index is 12.7. The molecule has 0 atom stereocenters. The Bertz CT molecular complexity index is 958. The number of ether oxygens (including phenoxy) is 1. The summed E-state index contributed by atoms with van der Waals surface area (Å²) >= 11 is 0. The molecule has 0 unspecified atom stereocenters. The lowest BCUT2D eigenvalue weighted by molar-refractivity contribution is 0.0744. The minimum Gasteiger partial charge on any atom is -0.494 e. The number of rotatable bonds is 6. The van der Waals surface area contributed by atoms with Crippen molar-refractivity contribution in [3.63, 3.8) is 0 Å². The average Bonchev–Trinajstić information content (AvgIpc) is 2.68. The number of carbonyl (C=O) groups is 1. The number of piperidine rings is 1. The van der Waals surface area contributed by atoms with Gasteiger partial charge in [-0.2, -0.15) is 0 Å². The Morgan fingerprint density at radius 1 is 1.14 bits per heavy atom. The number of hydrogen-bond donors (Lipinski definition) is 1. The Morgan fingerprint density at radius 2 is 1.82 bits per heavy atom. The third-order valence-electron chi connectivity index (χ3n) is 4.56. The summed E-state index contributed by atoms with van der Waals surface area (Å²) in [6, 6.07) is 12.8. The van der Waals surface area contributed by atoms with Gasteiger partial charge in [0.1, 0.15) is 5.75 Å². The van der Waals surface area contributed by atoms with E-state index in [1.54, 1.807) is 41.3 Å². The molecule has 0 aromatic heterocycles. The first-order valence-electron chi connectivity index (χ1n) is 9.21. The molecule has 0 saturated carbocycles. The minimum absolute atomic E-state index is 0.102. The largest absolute Gasteiger partial charge is 0.494 e. The van der Waals surface area contributed by atoms with Crippen LogP contribution in [0.1, 0.15) is 30.1 Å². The first kappa shape index (κ1) is 19.9. The Hall–Kier alpha value is -2.80. The number of nitrogens with zero attached hydrogens (tertiary/aromatic N) is 1. The van der Waals surface area contributed by atoms with E-state index in [4.69, 9.17) is 4.74 Å². The van der Waals surface area contributed by atoms with Crippen molar-refractivity contribution in [2.24, 2.45) is 0 Å². The maximum Gasteiger partial charge on any atom is 0.261 e. The fourth-order valence-electron chi connectivity index (χ4n) is 3.02. The Labute approximate surface area is 165 Å². The lowest BCUT2D eigenvalue weighted by Crippen LogP contribution is -2.36. The number of carbonyl (C=O) groups excluding carboxylic acids is 1. The molecule has 148 valence electrons. The van der Waals surface area contributed by atoms with Crippen LogP contribution in [0.4, 0.5) is 5.69 Å². The molecule has 1 fully saturated rings. The van der Waals surface area contributed by atoms with Crippen LogP contribution in [0.25, 0.3) is 0 Å². The molecule has 0 radical (unpaired) electrons. The van der Waals surface area contributed by atoms with E-state index in [1.165, 1.54) is 12.1 Å². The van der Waals surface area contributed by atoms with Crippen LogP contribution in [0.15, 0.2) is 65.6 Å². The zero-order valence-corrected chi connectivity index (χ0v) is 16.7. The summed E-state index contributed by atoms with van der Waals surface area (Å²) in [7, 11) is -3.76. The van der Waals surface area contributed by atoms with Crippen molar-refractivity contribution in [2.75, 3.05) is 24.4 Å². The van der Waals surface area contributed by atoms with E-state index in [2.05, 4.69) is 11.3 Å². The number of benzene rings is 2. The molecule has 1 heterocycles. The first-order valence-corrected chi connectivity index (χ1v) is 10.7. The number of likely N-dealkylation sites (tertiary alicyclic amines) is 1. The molecule has 0 aliphatic carbocycles. The van der Waals surface area contributed by atoms with Crippen molar-refractivity contribution in [1.82, 2.24) is 4.90 Å². The highest BCUT2D eigenvalue weighted by atomic mass is 32.2. The van der Waals surface area contributed by atoms with Gasteiger partial charge in [0.05, 0.1) is 11.5 Å². The summed E-state index contributed by atoms with van der Waals surface area (Å²) in [5.74, 6) is 0.507. The van der Waals surface area contributed by atoms with E-state index < -0.39 is 10.0 Å². The van der Waals surface area contributed by atoms with E-state index in [-0.39, 0.29) is 10.8 Å². The highest BCUT2D eigenvalue weighted by Gasteiger charge is 2.20. The smallest absolute Gasteiger partial charge is 0.261 e. The van der Waals surface area contributed by atoms with Gasteiger partial charge in [-0.25, -0.2) is 8.42 Å². The molecule has 0 spiro atoms. The Morgan fingerprint density at radius 3 is 2.46 bits per heavy atom. The molecule has 7 heteroatoms. The molecular weight excluding hydrogens is 376 g/mol. The first-order chi connectivity index (χ1) is 13.4. The van der Waals surface area contributed by atoms with E-state index in [0.717, 1.165) is 18.4 Å². The van der Waals surface area contributed by atoms with E-state index in [9.17, 15) is 13.2 Å². The van der Waals surface area contributed by atoms with Crippen molar-refractivity contribution in [1.29, 1.82) is 0 Å². The van der Waals surface area contributed by atoms with Crippen LogP contribution in [-0.2, 0) is 10.0 Å². The van der Waals surface area contributed by atoms with Crippen LogP contribution in [0.3, 0.4) is 0 Å². The highest BCUT2D eigenvalue weighted by molar-refractivity contribution is 7.92. The number of hydrogen-bond acceptors (Lipinski definition) is 4. The average molecular weight is 401 g/mol. The van der Waals surface area contributed by atoms with Gasteiger partial charge in [-0.05, 0) is 62.2 Å². The molecule has 1 saturated heterocycles. The standard InChI is InChI=1S/C21H24N2O4S/c1-3-27-19-7-9-20(10-8-19)28(25,26)22-18-6-4-5-17(15-18)21(24)23-13-11-16(2)12-14-23/h4-10,15,22H,2-3,11-14H2,1H3. The van der Waals surface area contributed by atoms with Crippen molar-refractivity contribution >= 4 is 21.6 Å². The number of nitrogens with one attached hydrogen (secondary N) is 1. The summed E-state index contributed by atoms with van der Waals surface area (Å²) in [6.45, 7) is 7.61. The predicted octanol–water partition coefficient (Wildman–Crippen LogP) is 3.68. The zero-order valence-electron chi connectivity index (χ0n) is 15.8. The molecule has 1 aliphatic heterocycles. The van der Waals surface area contributed by atoms with Gasteiger partial charge in [-0.3, -0.25) is 9.52 Å². The van der Waals surface area contributed by atoms with Crippen molar-refractivity contribution in [3.8, 4) is 5.75 Å². The van der Waals surface area contributed by atoms with Crippen molar-refractivity contribution < 1.29 is 17.9 Å². The minimum atomic E-state index is -3.76. The molecule has 1 N–H and O–H groups in total. The number of sulfonamides is 1. The molecule has 2 aromatic carbocycles. The zero-order chi connectivity index (χ0) is 20.1.